The van der Waals surface area contributed by atoms with Gasteiger partial charge in [-0.1, -0.05) is 29.3 Å². The van der Waals surface area contributed by atoms with E-state index in [2.05, 4.69) is 25.9 Å². The standard InChI is InChI=1S/C14H13Cl2N5.C6H11NO/c1-17-13-5-9-12(6-18-13)19-7-20-14(9)21-8-2-3-10(15)11(16)4-8;1-7(2)5-3-4-6-8/h2-7,13,17-18H,1H3,(H,19,20,21);3-4,6H,5H2,1-2H3/b;4-3+. The number of hydrogen-bond donors (Lipinski definition) is 3. The van der Waals surface area contributed by atoms with Gasteiger partial charge in [0.05, 0.1) is 21.6 Å². The van der Waals surface area contributed by atoms with E-state index in [9.17, 15) is 4.79 Å². The molecule has 1 aliphatic heterocycles. The van der Waals surface area contributed by atoms with Gasteiger partial charge in [-0.3, -0.25) is 10.1 Å². The van der Waals surface area contributed by atoms with Crippen LogP contribution in [-0.4, -0.2) is 55.0 Å². The molecule has 0 amide bonds. The van der Waals surface area contributed by atoms with Crippen LogP contribution in [0.5, 0.6) is 0 Å². The van der Waals surface area contributed by atoms with Crippen molar-refractivity contribution >= 4 is 53.3 Å². The van der Waals surface area contributed by atoms with Crippen LogP contribution in [0.15, 0.2) is 36.7 Å². The van der Waals surface area contributed by atoms with Crippen LogP contribution in [0.4, 0.5) is 11.5 Å². The lowest BCUT2D eigenvalue weighted by Gasteiger charge is -2.16. The normalized spacial score (nSPS) is 14.8. The fourth-order valence-corrected chi connectivity index (χ4v) is 2.67. The topological polar surface area (TPSA) is 82.2 Å². The summed E-state index contributed by atoms with van der Waals surface area (Å²) in [4.78, 5) is 20.2. The SMILES string of the molecule is CN(C)C/C=C/C=O.CNC1C=c2c(Nc3ccc(Cl)c(Cl)c3)ncnc2=CN1. The average molecular weight is 435 g/mol. The highest BCUT2D eigenvalue weighted by Crippen LogP contribution is 2.25. The molecule has 0 saturated heterocycles. The van der Waals surface area contributed by atoms with Crippen molar-refractivity contribution in [1.82, 2.24) is 25.5 Å². The number of nitrogens with one attached hydrogen (secondary N) is 3. The van der Waals surface area contributed by atoms with Crippen molar-refractivity contribution in [1.29, 1.82) is 0 Å². The Morgan fingerprint density at radius 1 is 1.24 bits per heavy atom. The second-order valence-electron chi connectivity index (χ2n) is 6.35. The predicted molar refractivity (Wildman–Crippen MR) is 120 cm³/mol. The Bertz CT molecular complexity index is 977. The molecule has 3 N–H and O–H groups in total. The molecule has 1 aromatic carbocycles. The van der Waals surface area contributed by atoms with Gasteiger partial charge in [0.15, 0.2) is 0 Å². The molecule has 0 fully saturated rings. The van der Waals surface area contributed by atoms with E-state index < -0.39 is 0 Å². The second kappa shape index (κ2) is 11.5. The number of benzene rings is 1. The number of aldehydes is 1. The van der Waals surface area contributed by atoms with E-state index in [-0.39, 0.29) is 6.17 Å². The van der Waals surface area contributed by atoms with Crippen molar-refractivity contribution < 1.29 is 4.79 Å². The van der Waals surface area contributed by atoms with Crippen LogP contribution in [-0.2, 0) is 4.79 Å². The molecule has 0 saturated carbocycles. The number of allylic oxidation sites excluding steroid dienone is 1. The first kappa shape index (κ1) is 22.8. The van der Waals surface area contributed by atoms with Gasteiger partial charge in [-0.05, 0) is 51.5 Å². The summed E-state index contributed by atoms with van der Waals surface area (Å²) in [6.45, 7) is 0.832. The number of rotatable bonds is 6. The fraction of sp³-hybridized carbons (Fsp3) is 0.250. The molecule has 1 aliphatic rings. The molecule has 3 rings (SSSR count). The molecule has 2 heterocycles. The van der Waals surface area contributed by atoms with Gasteiger partial charge in [0.2, 0.25) is 0 Å². The molecule has 7 nitrogen and oxygen atoms in total. The molecule has 9 heteroatoms. The number of aromatic nitrogens is 2. The highest BCUT2D eigenvalue weighted by molar-refractivity contribution is 6.42. The van der Waals surface area contributed by atoms with E-state index in [0.717, 1.165) is 34.9 Å². The quantitative estimate of drug-likeness (QED) is 0.469. The molecule has 0 spiro atoms. The van der Waals surface area contributed by atoms with Gasteiger partial charge >= 0.3 is 0 Å². The third kappa shape index (κ3) is 7.14. The summed E-state index contributed by atoms with van der Waals surface area (Å²) in [6, 6.07) is 5.36. The summed E-state index contributed by atoms with van der Waals surface area (Å²) >= 11 is 12.0. The maximum atomic E-state index is 9.68. The average Bonchev–Trinajstić information content (AvgIpc) is 2.71. The van der Waals surface area contributed by atoms with Crippen LogP contribution >= 0.6 is 23.2 Å². The summed E-state index contributed by atoms with van der Waals surface area (Å²) < 4.78 is 0. The van der Waals surface area contributed by atoms with Gasteiger partial charge in [0.25, 0.3) is 0 Å². The van der Waals surface area contributed by atoms with Gasteiger partial charge in [-0.15, -0.1) is 0 Å². The molecule has 0 radical (unpaired) electrons. The molecule has 0 aliphatic carbocycles. The van der Waals surface area contributed by atoms with Crippen LogP contribution in [0.1, 0.15) is 0 Å². The van der Waals surface area contributed by atoms with Crippen molar-refractivity contribution in [3.63, 3.8) is 0 Å². The summed E-state index contributed by atoms with van der Waals surface area (Å²) in [6.07, 6.45) is 9.53. The maximum absolute atomic E-state index is 9.68. The van der Waals surface area contributed by atoms with Gasteiger partial charge in [-0.25, -0.2) is 9.97 Å². The molecule has 154 valence electrons. The summed E-state index contributed by atoms with van der Waals surface area (Å²) in [5.74, 6) is 0.719. The number of halogens is 2. The fourth-order valence-electron chi connectivity index (χ4n) is 2.38. The highest BCUT2D eigenvalue weighted by Gasteiger charge is 2.09. The number of carbonyl (C=O) groups is 1. The summed E-state index contributed by atoms with van der Waals surface area (Å²) in [7, 11) is 5.78. The molecule has 1 aromatic heterocycles. The lowest BCUT2D eigenvalue weighted by atomic mass is 10.2. The Hall–Kier alpha value is -2.45. The molecular formula is C20H24Cl2N6O. The van der Waals surface area contributed by atoms with Crippen molar-refractivity contribution in [3.8, 4) is 0 Å². The number of carbonyl (C=O) groups excluding carboxylic acids is 1. The van der Waals surface area contributed by atoms with E-state index in [4.69, 9.17) is 23.2 Å². The van der Waals surface area contributed by atoms with Gasteiger partial charge in [0.1, 0.15) is 18.4 Å². The van der Waals surface area contributed by atoms with Crippen molar-refractivity contribution in [2.75, 3.05) is 33.0 Å². The molecule has 2 aromatic rings. The number of fused-ring (bicyclic) bond motifs is 1. The number of hydrogen-bond acceptors (Lipinski definition) is 7. The number of nitrogens with zero attached hydrogens (tertiary/aromatic N) is 3. The zero-order valence-electron chi connectivity index (χ0n) is 16.5. The Morgan fingerprint density at radius 2 is 2.03 bits per heavy atom. The highest BCUT2D eigenvalue weighted by atomic mass is 35.5. The minimum Gasteiger partial charge on any atom is -0.371 e. The first-order chi connectivity index (χ1) is 13.9. The summed E-state index contributed by atoms with van der Waals surface area (Å²) in [5.41, 5.74) is 0.818. The van der Waals surface area contributed by atoms with E-state index in [1.165, 1.54) is 12.4 Å². The number of anilines is 2. The van der Waals surface area contributed by atoms with Gasteiger partial charge in [-0.2, -0.15) is 0 Å². The maximum Gasteiger partial charge on any atom is 0.142 e. The predicted octanol–water partition coefficient (Wildman–Crippen LogP) is 1.50. The zero-order chi connectivity index (χ0) is 21.2. The van der Waals surface area contributed by atoms with Crippen LogP contribution < -0.4 is 26.5 Å². The lowest BCUT2D eigenvalue weighted by molar-refractivity contribution is -0.104. The van der Waals surface area contributed by atoms with Crippen LogP contribution in [0.2, 0.25) is 10.0 Å². The molecule has 0 bridgehead atoms. The van der Waals surface area contributed by atoms with E-state index in [1.807, 2.05) is 50.5 Å². The van der Waals surface area contributed by atoms with Crippen LogP contribution in [0.3, 0.4) is 0 Å². The Kier molecular flexibility index (Phi) is 9.08. The third-order valence-corrected chi connectivity index (χ3v) is 4.57. The Morgan fingerprint density at radius 3 is 2.69 bits per heavy atom. The first-order valence-electron chi connectivity index (χ1n) is 8.88. The minimum atomic E-state index is 0.0397. The van der Waals surface area contributed by atoms with Crippen molar-refractivity contribution in [2.24, 2.45) is 0 Å². The summed E-state index contributed by atoms with van der Waals surface area (Å²) in [5, 5.41) is 12.3. The van der Waals surface area contributed by atoms with E-state index >= 15 is 0 Å². The van der Waals surface area contributed by atoms with Crippen molar-refractivity contribution in [3.05, 3.63) is 57.3 Å². The molecule has 29 heavy (non-hydrogen) atoms. The number of likely N-dealkylation sites (N-methyl/N-ethyl adjacent to an activating group) is 1. The van der Waals surface area contributed by atoms with E-state index in [1.54, 1.807) is 12.1 Å². The van der Waals surface area contributed by atoms with Crippen molar-refractivity contribution in [2.45, 2.75) is 6.17 Å². The largest absolute Gasteiger partial charge is 0.371 e. The third-order valence-electron chi connectivity index (χ3n) is 3.83. The van der Waals surface area contributed by atoms with Crippen LogP contribution in [0, 0.1) is 0 Å². The zero-order valence-corrected chi connectivity index (χ0v) is 18.0. The Balaban J connectivity index is 0.000000321. The van der Waals surface area contributed by atoms with Gasteiger partial charge in [0, 0.05) is 23.7 Å². The minimum absolute atomic E-state index is 0.0397. The first-order valence-corrected chi connectivity index (χ1v) is 9.63. The Labute approximate surface area is 180 Å². The van der Waals surface area contributed by atoms with Crippen LogP contribution in [0.25, 0.3) is 12.3 Å². The molecular weight excluding hydrogens is 411 g/mol. The monoisotopic (exact) mass is 434 g/mol. The molecule has 1 unspecified atom stereocenters. The smallest absolute Gasteiger partial charge is 0.142 e. The van der Waals surface area contributed by atoms with Gasteiger partial charge < -0.3 is 15.5 Å². The molecule has 1 atom stereocenters. The van der Waals surface area contributed by atoms with E-state index in [0.29, 0.717) is 10.0 Å². The lowest BCUT2D eigenvalue weighted by Crippen LogP contribution is -2.46. The second-order valence-corrected chi connectivity index (χ2v) is 7.16.